The number of aryl methyl sites for hydroxylation is 5. The highest BCUT2D eigenvalue weighted by Gasteiger charge is 2.18. The standard InChI is InChI=1S/C22H22N4O2S/c1-11-6-7-12(2)16(8-11)25-17(27)10-26-15(5)24-19-18-13(3)9-14(4)23-21(18)29-20(19)22(26)28/h6-9H,10H2,1-5H3,(H,25,27). The molecule has 4 rings (SSSR count). The highest BCUT2D eigenvalue weighted by atomic mass is 32.1. The van der Waals surface area contributed by atoms with Crippen molar-refractivity contribution >= 4 is 43.4 Å². The molecule has 0 fully saturated rings. The van der Waals surface area contributed by atoms with Crippen molar-refractivity contribution in [2.45, 2.75) is 41.2 Å². The van der Waals surface area contributed by atoms with Crippen molar-refractivity contribution in [2.24, 2.45) is 0 Å². The van der Waals surface area contributed by atoms with E-state index in [-0.39, 0.29) is 18.0 Å². The van der Waals surface area contributed by atoms with Crippen LogP contribution in [0.5, 0.6) is 0 Å². The normalized spacial score (nSPS) is 11.3. The molecule has 0 aliphatic heterocycles. The largest absolute Gasteiger partial charge is 0.324 e. The van der Waals surface area contributed by atoms with Crippen molar-refractivity contribution < 1.29 is 4.79 Å². The number of rotatable bonds is 3. The highest BCUT2D eigenvalue weighted by Crippen LogP contribution is 2.32. The SMILES string of the molecule is Cc1ccc(C)c(NC(=O)Cn2c(C)nc3c(sc4nc(C)cc(C)c43)c2=O)c1. The van der Waals surface area contributed by atoms with Gasteiger partial charge in [-0.15, -0.1) is 11.3 Å². The molecule has 0 bridgehead atoms. The Bertz CT molecular complexity index is 1350. The minimum Gasteiger partial charge on any atom is -0.324 e. The number of thiophene rings is 1. The van der Waals surface area contributed by atoms with Gasteiger partial charge in [0.05, 0.1) is 5.52 Å². The Morgan fingerprint density at radius 1 is 1.07 bits per heavy atom. The van der Waals surface area contributed by atoms with E-state index in [9.17, 15) is 9.59 Å². The fourth-order valence-corrected chi connectivity index (χ4v) is 4.74. The summed E-state index contributed by atoms with van der Waals surface area (Å²) >= 11 is 1.34. The first-order chi connectivity index (χ1) is 13.7. The lowest BCUT2D eigenvalue weighted by atomic mass is 10.1. The first-order valence-corrected chi connectivity index (χ1v) is 10.2. The topological polar surface area (TPSA) is 76.9 Å². The minimum atomic E-state index is -0.253. The van der Waals surface area contributed by atoms with E-state index in [1.54, 1.807) is 6.92 Å². The lowest BCUT2D eigenvalue weighted by Crippen LogP contribution is -2.30. The summed E-state index contributed by atoms with van der Waals surface area (Å²) in [4.78, 5) is 35.8. The van der Waals surface area contributed by atoms with Gasteiger partial charge in [0.15, 0.2) is 0 Å². The number of fused-ring (bicyclic) bond motifs is 3. The Labute approximate surface area is 172 Å². The van der Waals surface area contributed by atoms with Crippen LogP contribution in [0.2, 0.25) is 0 Å². The van der Waals surface area contributed by atoms with Crippen LogP contribution in [0.25, 0.3) is 20.4 Å². The predicted octanol–water partition coefficient (Wildman–Crippen LogP) is 4.19. The average molecular weight is 407 g/mol. The molecule has 0 unspecified atom stereocenters. The van der Waals surface area contributed by atoms with Gasteiger partial charge in [-0.1, -0.05) is 12.1 Å². The van der Waals surface area contributed by atoms with Crippen LogP contribution in [0.15, 0.2) is 29.1 Å². The van der Waals surface area contributed by atoms with Gasteiger partial charge >= 0.3 is 0 Å². The summed E-state index contributed by atoms with van der Waals surface area (Å²) < 4.78 is 1.96. The molecule has 6 nitrogen and oxygen atoms in total. The Kier molecular flexibility index (Phi) is 4.70. The van der Waals surface area contributed by atoms with Gasteiger partial charge in [-0.2, -0.15) is 0 Å². The Hall–Kier alpha value is -3.06. The van der Waals surface area contributed by atoms with Crippen molar-refractivity contribution in [1.82, 2.24) is 14.5 Å². The summed E-state index contributed by atoms with van der Waals surface area (Å²) in [5, 5.41) is 3.83. The zero-order valence-electron chi connectivity index (χ0n) is 17.1. The summed E-state index contributed by atoms with van der Waals surface area (Å²) in [6.45, 7) is 9.53. The molecular weight excluding hydrogens is 384 g/mol. The van der Waals surface area contributed by atoms with E-state index in [1.165, 1.54) is 15.9 Å². The summed E-state index contributed by atoms with van der Waals surface area (Å²) in [7, 11) is 0. The van der Waals surface area contributed by atoms with Crippen LogP contribution < -0.4 is 10.9 Å². The van der Waals surface area contributed by atoms with Crippen LogP contribution in [-0.2, 0) is 11.3 Å². The molecule has 1 N–H and O–H groups in total. The van der Waals surface area contributed by atoms with Crippen LogP contribution in [-0.4, -0.2) is 20.4 Å². The van der Waals surface area contributed by atoms with Gasteiger partial charge < -0.3 is 5.32 Å². The van der Waals surface area contributed by atoms with Crippen LogP contribution in [0.3, 0.4) is 0 Å². The maximum atomic E-state index is 13.1. The number of nitrogens with zero attached hydrogens (tertiary/aromatic N) is 3. The molecule has 7 heteroatoms. The third-order valence-electron chi connectivity index (χ3n) is 5.03. The van der Waals surface area contributed by atoms with Crippen LogP contribution >= 0.6 is 11.3 Å². The molecule has 0 atom stereocenters. The molecule has 0 saturated carbocycles. The molecule has 3 heterocycles. The van der Waals surface area contributed by atoms with Gasteiger partial charge in [0.25, 0.3) is 5.56 Å². The third-order valence-corrected chi connectivity index (χ3v) is 6.10. The second-order valence-corrected chi connectivity index (χ2v) is 8.46. The Balaban J connectivity index is 1.75. The first-order valence-electron chi connectivity index (χ1n) is 9.39. The second-order valence-electron chi connectivity index (χ2n) is 7.46. The summed E-state index contributed by atoms with van der Waals surface area (Å²) in [5.41, 5.74) is 5.22. The van der Waals surface area contributed by atoms with Gasteiger partial charge in [-0.05, 0) is 63.4 Å². The number of carbonyl (C=O) groups excluding carboxylic acids is 1. The van der Waals surface area contributed by atoms with Crippen molar-refractivity contribution in [1.29, 1.82) is 0 Å². The van der Waals surface area contributed by atoms with Crippen LogP contribution in [0, 0.1) is 34.6 Å². The molecule has 1 aromatic carbocycles. The number of carbonyl (C=O) groups is 1. The number of nitrogens with one attached hydrogen (secondary N) is 1. The van der Waals surface area contributed by atoms with E-state index in [1.807, 2.05) is 52.0 Å². The number of benzene rings is 1. The lowest BCUT2D eigenvalue weighted by molar-refractivity contribution is -0.116. The molecule has 3 aromatic heterocycles. The molecule has 4 aromatic rings. The molecule has 148 valence electrons. The maximum Gasteiger partial charge on any atom is 0.272 e. The van der Waals surface area contributed by atoms with Gasteiger partial charge in [-0.25, -0.2) is 9.97 Å². The molecule has 29 heavy (non-hydrogen) atoms. The molecule has 0 saturated heterocycles. The number of anilines is 1. The minimum absolute atomic E-state index is 0.0827. The number of pyridine rings is 1. The van der Waals surface area contributed by atoms with Gasteiger partial charge in [0.1, 0.15) is 21.9 Å². The third kappa shape index (κ3) is 3.42. The van der Waals surface area contributed by atoms with Gasteiger partial charge in [0, 0.05) is 16.8 Å². The average Bonchev–Trinajstić information content (AvgIpc) is 3.00. The lowest BCUT2D eigenvalue weighted by Gasteiger charge is -2.12. The highest BCUT2D eigenvalue weighted by molar-refractivity contribution is 7.25. The first kappa shape index (κ1) is 19.3. The van der Waals surface area contributed by atoms with E-state index in [0.29, 0.717) is 16.0 Å². The fourth-order valence-electron chi connectivity index (χ4n) is 3.56. The molecule has 0 spiro atoms. The van der Waals surface area contributed by atoms with Gasteiger partial charge in [-0.3, -0.25) is 14.2 Å². The van der Waals surface area contributed by atoms with E-state index in [4.69, 9.17) is 0 Å². The van der Waals surface area contributed by atoms with E-state index in [0.717, 1.165) is 38.3 Å². The van der Waals surface area contributed by atoms with E-state index >= 15 is 0 Å². The maximum absolute atomic E-state index is 13.1. The molecule has 0 radical (unpaired) electrons. The smallest absolute Gasteiger partial charge is 0.272 e. The van der Waals surface area contributed by atoms with Crippen LogP contribution in [0.4, 0.5) is 5.69 Å². The number of amides is 1. The van der Waals surface area contributed by atoms with E-state index in [2.05, 4.69) is 15.3 Å². The van der Waals surface area contributed by atoms with Crippen molar-refractivity contribution in [2.75, 3.05) is 5.32 Å². The Morgan fingerprint density at radius 2 is 1.83 bits per heavy atom. The zero-order valence-corrected chi connectivity index (χ0v) is 17.9. The summed E-state index contributed by atoms with van der Waals surface area (Å²) in [6.07, 6.45) is 0. The number of aromatic nitrogens is 3. The predicted molar refractivity (Wildman–Crippen MR) is 118 cm³/mol. The molecular formula is C22H22N4O2S. The second kappa shape index (κ2) is 7.08. The monoisotopic (exact) mass is 406 g/mol. The van der Waals surface area contributed by atoms with E-state index < -0.39 is 0 Å². The van der Waals surface area contributed by atoms with Gasteiger partial charge in [0.2, 0.25) is 5.91 Å². The number of hydrogen-bond donors (Lipinski definition) is 1. The summed E-state index contributed by atoms with van der Waals surface area (Å²) in [6, 6.07) is 7.88. The number of hydrogen-bond acceptors (Lipinski definition) is 5. The quantitative estimate of drug-likeness (QED) is 0.553. The summed E-state index contributed by atoms with van der Waals surface area (Å²) in [5.74, 6) is 0.259. The van der Waals surface area contributed by atoms with Crippen molar-refractivity contribution in [3.8, 4) is 0 Å². The van der Waals surface area contributed by atoms with Crippen LogP contribution in [0.1, 0.15) is 28.2 Å². The van der Waals surface area contributed by atoms with Crippen molar-refractivity contribution in [3.05, 3.63) is 62.8 Å². The molecule has 0 aliphatic rings. The van der Waals surface area contributed by atoms with Crippen molar-refractivity contribution in [3.63, 3.8) is 0 Å². The Morgan fingerprint density at radius 3 is 2.59 bits per heavy atom. The molecule has 0 aliphatic carbocycles. The fraction of sp³-hybridized carbons (Fsp3) is 0.273. The molecule has 1 amide bonds. The zero-order chi connectivity index (χ0) is 20.9.